The van der Waals surface area contributed by atoms with Crippen LogP contribution in [0.2, 0.25) is 0 Å². The lowest BCUT2D eigenvalue weighted by Crippen LogP contribution is -1.80. The lowest BCUT2D eigenvalue weighted by atomic mass is 10.3. The minimum absolute atomic E-state index is 0.895. The van der Waals surface area contributed by atoms with Crippen molar-refractivity contribution in [2.45, 2.75) is 6.92 Å². The van der Waals surface area contributed by atoms with E-state index >= 15 is 0 Å². The zero-order valence-electron chi connectivity index (χ0n) is 9.58. The van der Waals surface area contributed by atoms with Gasteiger partial charge in [-0.3, -0.25) is 4.98 Å². The average molecular weight is 264 g/mol. The molecule has 0 radical (unpaired) electrons. The Morgan fingerprint density at radius 2 is 2.18 bits per heavy atom. The smallest absolute Gasteiger partial charge is 0.120 e. The molecular formula is C12H12N2OS2. The summed E-state index contributed by atoms with van der Waals surface area (Å²) in [5.41, 5.74) is 2.85. The van der Waals surface area contributed by atoms with Crippen molar-refractivity contribution in [2.75, 3.05) is 7.11 Å². The molecule has 0 aliphatic carbocycles. The number of ether oxygens (including phenoxy) is 1. The highest BCUT2D eigenvalue weighted by Crippen LogP contribution is 2.25. The van der Waals surface area contributed by atoms with Crippen LogP contribution < -0.4 is 4.74 Å². The van der Waals surface area contributed by atoms with Crippen LogP contribution in [0.4, 0.5) is 0 Å². The Bertz CT molecular complexity index is 558. The molecule has 0 saturated carbocycles. The van der Waals surface area contributed by atoms with E-state index in [0.717, 1.165) is 16.3 Å². The van der Waals surface area contributed by atoms with Crippen molar-refractivity contribution < 1.29 is 4.74 Å². The Morgan fingerprint density at radius 3 is 2.76 bits per heavy atom. The number of fused-ring (bicyclic) bond motifs is 1. The van der Waals surface area contributed by atoms with Crippen LogP contribution >= 0.6 is 22.7 Å². The fourth-order valence-electron chi connectivity index (χ4n) is 1.32. The number of hydrogen-bond donors (Lipinski definition) is 0. The number of rotatable bonds is 1. The quantitative estimate of drug-likeness (QED) is 0.671. The van der Waals surface area contributed by atoms with E-state index in [9.17, 15) is 0 Å². The maximum Gasteiger partial charge on any atom is 0.120 e. The van der Waals surface area contributed by atoms with Crippen molar-refractivity contribution in [1.82, 2.24) is 9.97 Å². The van der Waals surface area contributed by atoms with Crippen LogP contribution in [0.5, 0.6) is 5.75 Å². The number of thiazole rings is 2. The SMILES string of the molecule is COc1ccc2nc(C)sc2c1.c1cscn1. The van der Waals surface area contributed by atoms with Crippen molar-refractivity contribution in [1.29, 1.82) is 0 Å². The van der Waals surface area contributed by atoms with Gasteiger partial charge in [-0.2, -0.15) is 0 Å². The van der Waals surface area contributed by atoms with Gasteiger partial charge in [0.2, 0.25) is 0 Å². The monoisotopic (exact) mass is 264 g/mol. The lowest BCUT2D eigenvalue weighted by Gasteiger charge is -1.96. The third kappa shape index (κ3) is 3.25. The minimum Gasteiger partial charge on any atom is -0.497 e. The van der Waals surface area contributed by atoms with Crippen LogP contribution in [0.3, 0.4) is 0 Å². The summed E-state index contributed by atoms with van der Waals surface area (Å²) in [7, 11) is 1.68. The highest BCUT2D eigenvalue weighted by molar-refractivity contribution is 7.18. The number of hydrogen-bond acceptors (Lipinski definition) is 5. The molecule has 0 unspecified atom stereocenters. The molecular weight excluding hydrogens is 252 g/mol. The Morgan fingerprint density at radius 1 is 1.29 bits per heavy atom. The largest absolute Gasteiger partial charge is 0.497 e. The van der Waals surface area contributed by atoms with Crippen LogP contribution in [-0.4, -0.2) is 17.1 Å². The van der Waals surface area contributed by atoms with Gasteiger partial charge in [0.05, 0.1) is 27.8 Å². The molecule has 0 spiro atoms. The molecule has 5 heteroatoms. The van der Waals surface area contributed by atoms with E-state index < -0.39 is 0 Å². The average Bonchev–Trinajstić information content (AvgIpc) is 2.99. The Balaban J connectivity index is 0.000000181. The van der Waals surface area contributed by atoms with Gasteiger partial charge in [-0.15, -0.1) is 22.7 Å². The third-order valence-electron chi connectivity index (χ3n) is 2.05. The Labute approximate surface area is 108 Å². The summed E-state index contributed by atoms with van der Waals surface area (Å²) in [6.07, 6.45) is 1.77. The Kier molecular flexibility index (Phi) is 4.06. The van der Waals surface area contributed by atoms with Crippen LogP contribution in [0, 0.1) is 6.92 Å². The molecule has 17 heavy (non-hydrogen) atoms. The first kappa shape index (κ1) is 12.0. The first-order valence-corrected chi connectivity index (χ1v) is 6.79. The van der Waals surface area contributed by atoms with E-state index in [4.69, 9.17) is 4.74 Å². The van der Waals surface area contributed by atoms with Gasteiger partial charge in [0.25, 0.3) is 0 Å². The summed E-state index contributed by atoms with van der Waals surface area (Å²) in [6.45, 7) is 2.01. The molecule has 3 aromatic rings. The van der Waals surface area contributed by atoms with Gasteiger partial charge >= 0.3 is 0 Å². The molecule has 0 fully saturated rings. The normalized spacial score (nSPS) is 9.76. The molecule has 1 aromatic carbocycles. The van der Waals surface area contributed by atoms with Crippen LogP contribution in [0.1, 0.15) is 5.01 Å². The molecule has 0 bridgehead atoms. The first-order valence-electron chi connectivity index (χ1n) is 5.03. The molecule has 0 amide bonds. The van der Waals surface area contributed by atoms with Crippen molar-refractivity contribution in [2.24, 2.45) is 0 Å². The highest BCUT2D eigenvalue weighted by atomic mass is 32.1. The van der Waals surface area contributed by atoms with Crippen molar-refractivity contribution in [3.05, 3.63) is 40.3 Å². The summed E-state index contributed by atoms with van der Waals surface area (Å²) in [6, 6.07) is 5.93. The van der Waals surface area contributed by atoms with Gasteiger partial charge in [0.1, 0.15) is 5.75 Å². The molecule has 88 valence electrons. The number of aryl methyl sites for hydroxylation is 1. The minimum atomic E-state index is 0.895. The topological polar surface area (TPSA) is 35.0 Å². The van der Waals surface area contributed by atoms with Gasteiger partial charge in [-0.05, 0) is 25.1 Å². The molecule has 0 atom stereocenters. The first-order chi connectivity index (χ1) is 8.29. The fraction of sp³-hybridized carbons (Fsp3) is 0.167. The van der Waals surface area contributed by atoms with Crippen molar-refractivity contribution >= 4 is 32.9 Å². The lowest BCUT2D eigenvalue weighted by molar-refractivity contribution is 0.415. The summed E-state index contributed by atoms with van der Waals surface area (Å²) in [5, 5.41) is 3.03. The zero-order chi connectivity index (χ0) is 12.1. The van der Waals surface area contributed by atoms with Gasteiger partial charge in [0, 0.05) is 11.6 Å². The van der Waals surface area contributed by atoms with Gasteiger partial charge in [-0.25, -0.2) is 4.98 Å². The van der Waals surface area contributed by atoms with E-state index in [1.165, 1.54) is 4.70 Å². The molecule has 3 rings (SSSR count). The van der Waals surface area contributed by atoms with Crippen LogP contribution in [0.15, 0.2) is 35.3 Å². The summed E-state index contributed by atoms with van der Waals surface area (Å²) in [5.74, 6) is 0.895. The van der Waals surface area contributed by atoms with E-state index in [1.807, 2.05) is 30.5 Å². The third-order valence-corrected chi connectivity index (χ3v) is 3.51. The van der Waals surface area contributed by atoms with E-state index in [1.54, 1.807) is 41.5 Å². The predicted molar refractivity (Wildman–Crippen MR) is 73.0 cm³/mol. The standard InChI is InChI=1S/C9H9NOS.C3H3NS/c1-6-10-8-4-3-7(11-2)5-9(8)12-6;1-2-5-3-4-1/h3-5H,1-2H3;1-3H. The number of benzene rings is 1. The van der Waals surface area contributed by atoms with Crippen molar-refractivity contribution in [3.8, 4) is 5.75 Å². The second-order valence-corrected chi connectivity index (χ2v) is 5.23. The number of methoxy groups -OCH3 is 1. The van der Waals surface area contributed by atoms with E-state index in [2.05, 4.69) is 9.97 Å². The van der Waals surface area contributed by atoms with E-state index in [-0.39, 0.29) is 0 Å². The molecule has 0 N–H and O–H groups in total. The fourth-order valence-corrected chi connectivity index (χ4v) is 2.53. The van der Waals surface area contributed by atoms with Gasteiger partial charge < -0.3 is 4.74 Å². The summed E-state index contributed by atoms with van der Waals surface area (Å²) < 4.78 is 6.30. The molecule has 0 aliphatic heterocycles. The summed E-state index contributed by atoms with van der Waals surface area (Å²) >= 11 is 3.29. The molecule has 0 aliphatic rings. The second-order valence-electron chi connectivity index (χ2n) is 3.24. The molecule has 2 aromatic heterocycles. The number of nitrogens with zero attached hydrogens (tertiary/aromatic N) is 2. The summed E-state index contributed by atoms with van der Waals surface area (Å²) in [4.78, 5) is 8.09. The maximum atomic E-state index is 5.11. The van der Waals surface area contributed by atoms with Crippen molar-refractivity contribution in [3.63, 3.8) is 0 Å². The molecule has 3 nitrogen and oxygen atoms in total. The molecule has 0 saturated heterocycles. The second kappa shape index (κ2) is 5.75. The highest BCUT2D eigenvalue weighted by Gasteiger charge is 2.00. The van der Waals surface area contributed by atoms with Gasteiger partial charge in [0.15, 0.2) is 0 Å². The van der Waals surface area contributed by atoms with Crippen LogP contribution in [-0.2, 0) is 0 Å². The zero-order valence-corrected chi connectivity index (χ0v) is 11.2. The van der Waals surface area contributed by atoms with E-state index in [0.29, 0.717) is 0 Å². The maximum absolute atomic E-state index is 5.11. The van der Waals surface area contributed by atoms with Gasteiger partial charge in [-0.1, -0.05) is 0 Å². The Hall–Kier alpha value is -1.46. The van der Waals surface area contributed by atoms with Crippen LogP contribution in [0.25, 0.3) is 10.2 Å². The molecule has 2 heterocycles. The predicted octanol–water partition coefficient (Wildman–Crippen LogP) is 3.76. The number of aromatic nitrogens is 2.